The van der Waals surface area contributed by atoms with Gasteiger partial charge in [-0.25, -0.2) is 4.98 Å². The molecular weight excluding hydrogens is 284 g/mol. The number of methoxy groups -OCH3 is 1. The zero-order valence-electron chi connectivity index (χ0n) is 11.0. The summed E-state index contributed by atoms with van der Waals surface area (Å²) in [7, 11) is 1.66. The summed E-state index contributed by atoms with van der Waals surface area (Å²) in [4.78, 5) is 4.42. The van der Waals surface area contributed by atoms with Gasteiger partial charge in [0.05, 0.1) is 46.8 Å². The SMILES string of the molecule is COCCn1ncc(Cl)c1C(N)Cc1csc(C)n1. The van der Waals surface area contributed by atoms with Crippen molar-refractivity contribution >= 4 is 22.9 Å². The summed E-state index contributed by atoms with van der Waals surface area (Å²) < 4.78 is 6.86. The second-order valence-electron chi connectivity index (χ2n) is 4.26. The normalized spacial score (nSPS) is 12.8. The van der Waals surface area contributed by atoms with Gasteiger partial charge in [-0.3, -0.25) is 4.68 Å². The van der Waals surface area contributed by atoms with Gasteiger partial charge >= 0.3 is 0 Å². The molecule has 0 bridgehead atoms. The molecule has 2 aromatic rings. The number of hydrogen-bond acceptors (Lipinski definition) is 5. The minimum atomic E-state index is -0.214. The largest absolute Gasteiger partial charge is 0.383 e. The van der Waals surface area contributed by atoms with Crippen molar-refractivity contribution < 1.29 is 4.74 Å². The molecule has 2 rings (SSSR count). The maximum absolute atomic E-state index is 6.23. The van der Waals surface area contributed by atoms with Gasteiger partial charge < -0.3 is 10.5 Å². The monoisotopic (exact) mass is 300 g/mol. The molecule has 0 radical (unpaired) electrons. The number of hydrogen-bond donors (Lipinski definition) is 1. The number of ether oxygens (including phenoxy) is 1. The summed E-state index contributed by atoms with van der Waals surface area (Å²) in [5, 5.41) is 7.89. The standard InChI is InChI=1S/C12H17ClN4OS/c1-8-16-9(7-19-8)5-11(14)12-10(13)6-15-17(12)3-4-18-2/h6-7,11H,3-5,14H2,1-2H3. The maximum Gasteiger partial charge on any atom is 0.0897 e. The molecule has 0 aromatic carbocycles. The van der Waals surface area contributed by atoms with E-state index in [9.17, 15) is 0 Å². The van der Waals surface area contributed by atoms with Crippen molar-refractivity contribution in [1.82, 2.24) is 14.8 Å². The highest BCUT2D eigenvalue weighted by atomic mass is 35.5. The van der Waals surface area contributed by atoms with Gasteiger partial charge in [0, 0.05) is 18.9 Å². The Bertz CT molecular complexity index is 540. The lowest BCUT2D eigenvalue weighted by molar-refractivity contribution is 0.182. The first-order valence-corrected chi connectivity index (χ1v) is 7.24. The molecule has 0 spiro atoms. The fraction of sp³-hybridized carbons (Fsp3) is 0.500. The first kappa shape index (κ1) is 14.5. The Morgan fingerprint density at radius 1 is 1.58 bits per heavy atom. The van der Waals surface area contributed by atoms with Crippen LogP contribution in [0.5, 0.6) is 0 Å². The van der Waals surface area contributed by atoms with E-state index in [1.807, 2.05) is 12.3 Å². The van der Waals surface area contributed by atoms with Crippen LogP contribution in [-0.4, -0.2) is 28.5 Å². The van der Waals surface area contributed by atoms with Gasteiger partial charge in [-0.1, -0.05) is 11.6 Å². The van der Waals surface area contributed by atoms with Crippen molar-refractivity contribution in [2.75, 3.05) is 13.7 Å². The molecule has 0 aliphatic carbocycles. The number of aryl methyl sites for hydroxylation is 1. The number of halogens is 1. The lowest BCUT2D eigenvalue weighted by atomic mass is 10.1. The van der Waals surface area contributed by atoms with Gasteiger partial charge in [0.25, 0.3) is 0 Å². The van der Waals surface area contributed by atoms with Crippen molar-refractivity contribution in [3.63, 3.8) is 0 Å². The number of nitrogens with zero attached hydrogens (tertiary/aromatic N) is 3. The van der Waals surface area contributed by atoms with Gasteiger partial charge in [0.2, 0.25) is 0 Å². The molecule has 2 N–H and O–H groups in total. The van der Waals surface area contributed by atoms with Gasteiger partial charge in [-0.15, -0.1) is 11.3 Å². The molecule has 5 nitrogen and oxygen atoms in total. The van der Waals surface area contributed by atoms with E-state index in [2.05, 4.69) is 10.1 Å². The van der Waals surface area contributed by atoms with Crippen LogP contribution in [0.1, 0.15) is 22.4 Å². The van der Waals surface area contributed by atoms with Crippen LogP contribution in [0.2, 0.25) is 5.02 Å². The molecule has 0 saturated carbocycles. The Balaban J connectivity index is 2.13. The van der Waals surface area contributed by atoms with Crippen molar-refractivity contribution in [2.24, 2.45) is 5.73 Å². The van der Waals surface area contributed by atoms with Crippen LogP contribution < -0.4 is 5.73 Å². The smallest absolute Gasteiger partial charge is 0.0897 e. The van der Waals surface area contributed by atoms with E-state index in [0.29, 0.717) is 24.6 Å². The highest BCUT2D eigenvalue weighted by Crippen LogP contribution is 2.24. The Hall–Kier alpha value is -0.950. The Morgan fingerprint density at radius 3 is 3.00 bits per heavy atom. The van der Waals surface area contributed by atoms with Crippen LogP contribution in [0.15, 0.2) is 11.6 Å². The minimum Gasteiger partial charge on any atom is -0.383 e. The summed E-state index contributed by atoms with van der Waals surface area (Å²) in [6.45, 7) is 3.20. The molecule has 1 atom stereocenters. The van der Waals surface area contributed by atoms with Crippen LogP contribution in [0.3, 0.4) is 0 Å². The highest BCUT2D eigenvalue weighted by Gasteiger charge is 2.18. The summed E-state index contributed by atoms with van der Waals surface area (Å²) in [6.07, 6.45) is 2.28. The third-order valence-electron chi connectivity index (χ3n) is 2.79. The van der Waals surface area contributed by atoms with E-state index in [1.165, 1.54) is 0 Å². The number of thiazole rings is 1. The van der Waals surface area contributed by atoms with Gasteiger partial charge in [-0.05, 0) is 6.92 Å². The zero-order chi connectivity index (χ0) is 13.8. The van der Waals surface area contributed by atoms with Crippen LogP contribution >= 0.6 is 22.9 Å². The molecule has 19 heavy (non-hydrogen) atoms. The molecular formula is C12H17ClN4OS. The van der Waals surface area contributed by atoms with Crippen LogP contribution in [-0.2, 0) is 17.7 Å². The number of nitrogens with two attached hydrogens (primary N) is 1. The average molecular weight is 301 g/mol. The van der Waals surface area contributed by atoms with E-state index in [4.69, 9.17) is 22.1 Å². The molecule has 0 aliphatic heterocycles. The molecule has 2 aromatic heterocycles. The maximum atomic E-state index is 6.23. The summed E-state index contributed by atoms with van der Waals surface area (Å²) >= 11 is 7.79. The van der Waals surface area contributed by atoms with Crippen LogP contribution in [0.4, 0.5) is 0 Å². The summed E-state index contributed by atoms with van der Waals surface area (Å²) in [5.41, 5.74) is 8.06. The highest BCUT2D eigenvalue weighted by molar-refractivity contribution is 7.09. The first-order valence-electron chi connectivity index (χ1n) is 5.98. The van der Waals surface area contributed by atoms with Gasteiger partial charge in [-0.2, -0.15) is 5.10 Å². The van der Waals surface area contributed by atoms with E-state index in [0.717, 1.165) is 16.4 Å². The third-order valence-corrected chi connectivity index (χ3v) is 3.90. The molecule has 7 heteroatoms. The van der Waals surface area contributed by atoms with E-state index in [1.54, 1.807) is 29.3 Å². The van der Waals surface area contributed by atoms with Crippen LogP contribution in [0, 0.1) is 6.92 Å². The Labute approximate surface area is 121 Å². The predicted octanol–water partition coefficient (Wildman–Crippen LogP) is 2.19. The third kappa shape index (κ3) is 3.54. The second kappa shape index (κ2) is 6.47. The van der Waals surface area contributed by atoms with Gasteiger partial charge in [0.1, 0.15) is 0 Å². The lowest BCUT2D eigenvalue weighted by Gasteiger charge is -2.14. The fourth-order valence-corrected chi connectivity index (χ4v) is 2.83. The zero-order valence-corrected chi connectivity index (χ0v) is 12.5. The topological polar surface area (TPSA) is 66.0 Å². The lowest BCUT2D eigenvalue weighted by Crippen LogP contribution is -2.20. The van der Waals surface area contributed by atoms with E-state index < -0.39 is 0 Å². The predicted molar refractivity (Wildman–Crippen MR) is 76.6 cm³/mol. The summed E-state index contributed by atoms with van der Waals surface area (Å²) in [6, 6.07) is -0.214. The molecule has 0 saturated heterocycles. The van der Waals surface area contributed by atoms with E-state index in [-0.39, 0.29) is 6.04 Å². The molecule has 0 fully saturated rings. The van der Waals surface area contributed by atoms with Crippen molar-refractivity contribution in [1.29, 1.82) is 0 Å². The van der Waals surface area contributed by atoms with Crippen molar-refractivity contribution in [3.8, 4) is 0 Å². The molecule has 2 heterocycles. The molecule has 1 unspecified atom stereocenters. The quantitative estimate of drug-likeness (QED) is 0.888. The average Bonchev–Trinajstić information content (AvgIpc) is 2.93. The second-order valence-corrected chi connectivity index (χ2v) is 5.73. The van der Waals surface area contributed by atoms with Crippen molar-refractivity contribution in [2.45, 2.75) is 25.9 Å². The number of aromatic nitrogens is 3. The Kier molecular flexibility index (Phi) is 4.93. The summed E-state index contributed by atoms with van der Waals surface area (Å²) in [5.74, 6) is 0. The fourth-order valence-electron chi connectivity index (χ4n) is 1.92. The van der Waals surface area contributed by atoms with Crippen molar-refractivity contribution in [3.05, 3.63) is 33.0 Å². The first-order chi connectivity index (χ1) is 9.11. The van der Waals surface area contributed by atoms with Gasteiger partial charge in [0.15, 0.2) is 0 Å². The molecule has 104 valence electrons. The number of rotatable bonds is 6. The molecule has 0 amide bonds. The minimum absolute atomic E-state index is 0.214. The van der Waals surface area contributed by atoms with E-state index >= 15 is 0 Å². The molecule has 0 aliphatic rings. The van der Waals surface area contributed by atoms with Crippen LogP contribution in [0.25, 0.3) is 0 Å². The Morgan fingerprint density at radius 2 is 2.37 bits per heavy atom.